The van der Waals surface area contributed by atoms with Gasteiger partial charge in [-0.15, -0.1) is 0 Å². The third kappa shape index (κ3) is 3.35. The molecular formula is C13H11N3O3. The number of rotatable bonds is 4. The lowest BCUT2D eigenvalue weighted by atomic mass is 10.2. The van der Waals surface area contributed by atoms with Gasteiger partial charge >= 0.3 is 0 Å². The average Bonchev–Trinajstić information content (AvgIpc) is 2.42. The zero-order valence-corrected chi connectivity index (χ0v) is 9.93. The molecule has 1 heterocycles. The second kappa shape index (κ2) is 5.72. The molecule has 0 aliphatic rings. The third-order valence-electron chi connectivity index (χ3n) is 2.45. The normalized spacial score (nSPS) is 10.7. The Labute approximate surface area is 109 Å². The molecule has 0 aliphatic carbocycles. The van der Waals surface area contributed by atoms with Crippen LogP contribution >= 0.6 is 0 Å². The van der Waals surface area contributed by atoms with Crippen LogP contribution in [0, 0.1) is 10.1 Å². The molecule has 0 spiro atoms. The van der Waals surface area contributed by atoms with Gasteiger partial charge in [-0.3, -0.25) is 20.1 Å². The maximum Gasteiger partial charge on any atom is 0.270 e. The van der Waals surface area contributed by atoms with E-state index in [4.69, 9.17) is 0 Å². The summed E-state index contributed by atoms with van der Waals surface area (Å²) in [7, 11) is 0. The van der Waals surface area contributed by atoms with E-state index < -0.39 is 4.92 Å². The van der Waals surface area contributed by atoms with Crippen molar-refractivity contribution >= 4 is 11.9 Å². The van der Waals surface area contributed by atoms with Crippen LogP contribution in [0.15, 0.2) is 47.7 Å². The van der Waals surface area contributed by atoms with Gasteiger partial charge in [0.2, 0.25) is 0 Å². The van der Waals surface area contributed by atoms with E-state index in [0.717, 1.165) is 5.56 Å². The number of hydrogen-bond donors (Lipinski definition) is 1. The first-order chi connectivity index (χ1) is 9.16. The maximum absolute atomic E-state index is 10.6. The van der Waals surface area contributed by atoms with Crippen molar-refractivity contribution in [1.82, 2.24) is 4.98 Å². The number of nitrogens with zero attached hydrogens (tertiary/aromatic N) is 3. The van der Waals surface area contributed by atoms with Gasteiger partial charge in [-0.25, -0.2) is 0 Å². The minimum Gasteiger partial charge on any atom is -0.507 e. The van der Waals surface area contributed by atoms with E-state index in [2.05, 4.69) is 9.98 Å². The fourth-order valence-corrected chi connectivity index (χ4v) is 1.50. The Morgan fingerprint density at radius 1 is 1.42 bits per heavy atom. The maximum atomic E-state index is 10.6. The molecule has 0 saturated carbocycles. The Bertz CT molecular complexity index is 612. The van der Waals surface area contributed by atoms with Crippen LogP contribution in [0.25, 0.3) is 0 Å². The Balaban J connectivity index is 2.14. The lowest BCUT2D eigenvalue weighted by Crippen LogP contribution is -1.91. The highest BCUT2D eigenvalue weighted by atomic mass is 16.6. The summed E-state index contributed by atoms with van der Waals surface area (Å²) in [4.78, 5) is 18.2. The number of nitro benzene ring substituents is 1. The van der Waals surface area contributed by atoms with E-state index in [1.807, 2.05) is 6.07 Å². The molecule has 1 N–H and O–H groups in total. The fourth-order valence-electron chi connectivity index (χ4n) is 1.50. The molecule has 0 atom stereocenters. The molecule has 0 aliphatic heterocycles. The Morgan fingerprint density at radius 2 is 2.26 bits per heavy atom. The Morgan fingerprint density at radius 3 is 2.95 bits per heavy atom. The standard InChI is InChI=1S/C13H11N3O3/c17-13-4-3-12(16(18)19)6-11(13)9-15-8-10-2-1-5-14-7-10/h1-7,9,17H,8H2. The number of non-ortho nitro benzene ring substituents is 1. The zero-order valence-electron chi connectivity index (χ0n) is 9.93. The molecule has 0 amide bonds. The number of nitro groups is 1. The molecule has 0 radical (unpaired) electrons. The molecule has 96 valence electrons. The number of benzene rings is 1. The second-order valence-corrected chi connectivity index (χ2v) is 3.83. The predicted molar refractivity (Wildman–Crippen MR) is 70.3 cm³/mol. The van der Waals surface area contributed by atoms with Crippen molar-refractivity contribution in [1.29, 1.82) is 0 Å². The molecular weight excluding hydrogens is 246 g/mol. The van der Waals surface area contributed by atoms with E-state index >= 15 is 0 Å². The van der Waals surface area contributed by atoms with Crippen LogP contribution < -0.4 is 0 Å². The van der Waals surface area contributed by atoms with Gasteiger partial charge in [0.25, 0.3) is 5.69 Å². The number of aromatic nitrogens is 1. The summed E-state index contributed by atoms with van der Waals surface area (Å²) in [6.07, 6.45) is 4.76. The van der Waals surface area contributed by atoms with Crippen LogP contribution in [0.2, 0.25) is 0 Å². The molecule has 6 heteroatoms. The molecule has 1 aromatic carbocycles. The lowest BCUT2D eigenvalue weighted by molar-refractivity contribution is -0.384. The first-order valence-corrected chi connectivity index (χ1v) is 5.53. The third-order valence-corrected chi connectivity index (χ3v) is 2.45. The van der Waals surface area contributed by atoms with Crippen molar-refractivity contribution in [2.45, 2.75) is 6.54 Å². The number of aromatic hydroxyl groups is 1. The molecule has 0 unspecified atom stereocenters. The molecule has 1 aromatic heterocycles. The summed E-state index contributed by atoms with van der Waals surface area (Å²) in [5.74, 6) is -0.0412. The van der Waals surface area contributed by atoms with Crippen molar-refractivity contribution in [3.05, 3.63) is 64.0 Å². The number of phenolic OH excluding ortho intramolecular Hbond substituents is 1. The summed E-state index contributed by atoms with van der Waals surface area (Å²) >= 11 is 0. The number of hydrogen-bond acceptors (Lipinski definition) is 5. The Kier molecular flexibility index (Phi) is 3.82. The highest BCUT2D eigenvalue weighted by Gasteiger charge is 2.08. The van der Waals surface area contributed by atoms with E-state index in [1.54, 1.807) is 18.5 Å². The zero-order chi connectivity index (χ0) is 13.7. The van der Waals surface area contributed by atoms with Crippen molar-refractivity contribution in [2.75, 3.05) is 0 Å². The molecule has 2 aromatic rings. The van der Waals surface area contributed by atoms with Gasteiger partial charge in [0.05, 0.1) is 11.5 Å². The van der Waals surface area contributed by atoms with Gasteiger partial charge in [-0.1, -0.05) is 6.07 Å². The fraction of sp³-hybridized carbons (Fsp3) is 0.0769. The topological polar surface area (TPSA) is 88.6 Å². The van der Waals surface area contributed by atoms with Crippen LogP contribution in [-0.2, 0) is 6.54 Å². The highest BCUT2D eigenvalue weighted by Crippen LogP contribution is 2.21. The molecule has 6 nitrogen and oxygen atoms in total. The molecule has 19 heavy (non-hydrogen) atoms. The van der Waals surface area contributed by atoms with Gasteiger partial charge in [0.1, 0.15) is 5.75 Å². The second-order valence-electron chi connectivity index (χ2n) is 3.83. The highest BCUT2D eigenvalue weighted by molar-refractivity contribution is 5.84. The SMILES string of the molecule is O=[N+]([O-])c1ccc(O)c(C=NCc2cccnc2)c1. The van der Waals surface area contributed by atoms with Crippen molar-refractivity contribution in [3.63, 3.8) is 0 Å². The smallest absolute Gasteiger partial charge is 0.270 e. The van der Waals surface area contributed by atoms with Crippen molar-refractivity contribution < 1.29 is 10.0 Å². The minimum absolute atomic E-state index is 0.0412. The first-order valence-electron chi connectivity index (χ1n) is 5.53. The quantitative estimate of drug-likeness (QED) is 0.517. The van der Waals surface area contributed by atoms with Crippen molar-refractivity contribution in [2.24, 2.45) is 4.99 Å². The largest absolute Gasteiger partial charge is 0.507 e. The van der Waals surface area contributed by atoms with E-state index in [9.17, 15) is 15.2 Å². The van der Waals surface area contributed by atoms with Crippen LogP contribution in [0.4, 0.5) is 5.69 Å². The van der Waals surface area contributed by atoms with Gasteiger partial charge < -0.3 is 5.11 Å². The minimum atomic E-state index is -0.516. The monoisotopic (exact) mass is 257 g/mol. The van der Waals surface area contributed by atoms with Crippen molar-refractivity contribution in [3.8, 4) is 5.75 Å². The summed E-state index contributed by atoms with van der Waals surface area (Å²) in [5, 5.41) is 20.2. The van der Waals surface area contributed by atoms with Crippen LogP contribution in [-0.4, -0.2) is 21.2 Å². The molecule has 0 fully saturated rings. The summed E-state index contributed by atoms with van der Waals surface area (Å²) in [5.41, 5.74) is 1.15. The summed E-state index contributed by atoms with van der Waals surface area (Å²) in [6, 6.07) is 7.48. The lowest BCUT2D eigenvalue weighted by Gasteiger charge is -1.99. The first kappa shape index (κ1) is 12.7. The molecule has 0 saturated heterocycles. The van der Waals surface area contributed by atoms with Crippen LogP contribution in [0.1, 0.15) is 11.1 Å². The van der Waals surface area contributed by atoms with E-state index in [-0.39, 0.29) is 11.4 Å². The van der Waals surface area contributed by atoms with Gasteiger partial charge in [-0.2, -0.15) is 0 Å². The number of pyridine rings is 1. The number of phenols is 1. The summed E-state index contributed by atoms with van der Waals surface area (Å²) < 4.78 is 0. The van der Waals surface area contributed by atoms with Crippen LogP contribution in [0.3, 0.4) is 0 Å². The van der Waals surface area contributed by atoms with Gasteiger partial charge in [-0.05, 0) is 17.7 Å². The van der Waals surface area contributed by atoms with Gasteiger partial charge in [0.15, 0.2) is 0 Å². The Hall–Kier alpha value is -2.76. The molecule has 0 bridgehead atoms. The number of aliphatic imine (C=N–C) groups is 1. The van der Waals surface area contributed by atoms with Gasteiger partial charge in [0, 0.05) is 36.3 Å². The predicted octanol–water partition coefficient (Wildman–Crippen LogP) is 2.31. The van der Waals surface area contributed by atoms with Crippen LogP contribution in [0.5, 0.6) is 5.75 Å². The molecule has 2 rings (SSSR count). The van der Waals surface area contributed by atoms with E-state index in [1.165, 1.54) is 24.4 Å². The summed E-state index contributed by atoms with van der Waals surface area (Å²) in [6.45, 7) is 0.399. The van der Waals surface area contributed by atoms with E-state index in [0.29, 0.717) is 12.1 Å². The average molecular weight is 257 g/mol.